The molecule has 0 aliphatic rings. The molecule has 0 radical (unpaired) electrons. The lowest BCUT2D eigenvalue weighted by Gasteiger charge is -2.09. The van der Waals surface area contributed by atoms with E-state index >= 15 is 0 Å². The Hall–Kier alpha value is -2.57. The molecule has 0 spiro atoms. The summed E-state index contributed by atoms with van der Waals surface area (Å²) in [6, 6.07) is 3.73. The van der Waals surface area contributed by atoms with Gasteiger partial charge in [-0.1, -0.05) is 5.16 Å². The van der Waals surface area contributed by atoms with Gasteiger partial charge in [-0.3, -0.25) is 0 Å². The van der Waals surface area contributed by atoms with Crippen LogP contribution in [0.2, 0.25) is 0 Å². The van der Waals surface area contributed by atoms with Crippen molar-refractivity contribution in [3.8, 4) is 22.8 Å². The highest BCUT2D eigenvalue weighted by Gasteiger charge is 2.20. The number of carboxylic acids is 1. The number of aromatic nitrogens is 1. The van der Waals surface area contributed by atoms with Crippen molar-refractivity contribution in [3.63, 3.8) is 0 Å². The lowest BCUT2D eigenvalue weighted by atomic mass is 10.1. The van der Waals surface area contributed by atoms with Gasteiger partial charge in [-0.25, -0.2) is 9.18 Å². The molecule has 7 heteroatoms. The van der Waals surface area contributed by atoms with E-state index in [9.17, 15) is 9.18 Å². The third-order valence-corrected chi connectivity index (χ3v) is 2.46. The van der Waals surface area contributed by atoms with Gasteiger partial charge in [0, 0.05) is 18.2 Å². The fraction of sp³-hybridized carbons (Fsp3) is 0.167. The van der Waals surface area contributed by atoms with Crippen LogP contribution in [0.5, 0.6) is 11.5 Å². The van der Waals surface area contributed by atoms with Gasteiger partial charge in [0.25, 0.3) is 0 Å². The first-order valence-corrected chi connectivity index (χ1v) is 5.18. The van der Waals surface area contributed by atoms with Crippen molar-refractivity contribution in [1.82, 2.24) is 5.16 Å². The van der Waals surface area contributed by atoms with Gasteiger partial charge < -0.3 is 19.1 Å². The number of benzene rings is 1. The van der Waals surface area contributed by atoms with E-state index in [1.807, 2.05) is 0 Å². The molecule has 1 N–H and O–H groups in total. The third kappa shape index (κ3) is 2.35. The Morgan fingerprint density at radius 2 is 2.05 bits per heavy atom. The quantitative estimate of drug-likeness (QED) is 0.914. The molecule has 19 heavy (non-hydrogen) atoms. The van der Waals surface area contributed by atoms with Crippen LogP contribution < -0.4 is 9.47 Å². The van der Waals surface area contributed by atoms with E-state index in [-0.39, 0.29) is 28.5 Å². The molecule has 0 fully saturated rings. The van der Waals surface area contributed by atoms with Crippen molar-refractivity contribution in [2.75, 3.05) is 14.2 Å². The Balaban J connectivity index is 2.56. The van der Waals surface area contributed by atoms with Gasteiger partial charge in [-0.05, 0) is 0 Å². The van der Waals surface area contributed by atoms with Crippen molar-refractivity contribution < 1.29 is 28.3 Å². The molecule has 2 aromatic rings. The Morgan fingerprint density at radius 3 is 2.58 bits per heavy atom. The number of aromatic carboxylic acids is 1. The van der Waals surface area contributed by atoms with Gasteiger partial charge >= 0.3 is 5.97 Å². The molecule has 0 aliphatic carbocycles. The number of halogens is 1. The topological polar surface area (TPSA) is 81.8 Å². The molecule has 0 bridgehead atoms. The van der Waals surface area contributed by atoms with Crippen LogP contribution in [0.15, 0.2) is 22.7 Å². The molecule has 0 saturated carbocycles. The number of rotatable bonds is 4. The van der Waals surface area contributed by atoms with Crippen molar-refractivity contribution in [2.24, 2.45) is 0 Å². The standard InChI is InChI=1S/C12H10FNO5/c1-17-6-3-7(13)11(9(4-6)18-2)8-5-10(12(15)16)19-14-8/h3-5H,1-2H3,(H,15,16). The maximum absolute atomic E-state index is 14.0. The predicted molar refractivity (Wildman–Crippen MR) is 62.0 cm³/mol. The van der Waals surface area contributed by atoms with E-state index in [1.165, 1.54) is 20.3 Å². The smallest absolute Gasteiger partial charge is 0.374 e. The SMILES string of the molecule is COc1cc(F)c(-c2cc(C(=O)O)on2)c(OC)c1. The molecule has 100 valence electrons. The van der Waals surface area contributed by atoms with Gasteiger partial charge in [0.2, 0.25) is 5.76 Å². The van der Waals surface area contributed by atoms with E-state index in [2.05, 4.69) is 9.68 Å². The second-order valence-corrected chi connectivity index (χ2v) is 3.57. The van der Waals surface area contributed by atoms with Crippen molar-refractivity contribution >= 4 is 5.97 Å². The average Bonchev–Trinajstić information content (AvgIpc) is 2.86. The Kier molecular flexibility index (Phi) is 3.37. The predicted octanol–water partition coefficient (Wildman–Crippen LogP) is 2.20. The van der Waals surface area contributed by atoms with E-state index in [0.29, 0.717) is 0 Å². The van der Waals surface area contributed by atoms with Crippen LogP contribution >= 0.6 is 0 Å². The highest BCUT2D eigenvalue weighted by Crippen LogP contribution is 2.35. The summed E-state index contributed by atoms with van der Waals surface area (Å²) >= 11 is 0. The minimum atomic E-state index is -1.29. The van der Waals surface area contributed by atoms with E-state index in [1.54, 1.807) is 0 Å². The minimum absolute atomic E-state index is 0.0135. The molecule has 1 aromatic heterocycles. The maximum atomic E-state index is 14.0. The van der Waals surface area contributed by atoms with Gasteiger partial charge in [-0.2, -0.15) is 0 Å². The zero-order valence-corrected chi connectivity index (χ0v) is 10.1. The summed E-state index contributed by atoms with van der Waals surface area (Å²) in [5.74, 6) is -1.87. The van der Waals surface area contributed by atoms with Crippen LogP contribution in [0.25, 0.3) is 11.3 Å². The zero-order chi connectivity index (χ0) is 14.0. The molecule has 0 unspecified atom stereocenters. The second kappa shape index (κ2) is 4.97. The summed E-state index contributed by atoms with van der Waals surface area (Å²) in [5.41, 5.74) is 0.0500. The first-order chi connectivity index (χ1) is 9.06. The van der Waals surface area contributed by atoms with E-state index < -0.39 is 11.8 Å². The number of nitrogens with zero attached hydrogens (tertiary/aromatic N) is 1. The van der Waals surface area contributed by atoms with Crippen LogP contribution in [-0.4, -0.2) is 30.5 Å². The second-order valence-electron chi connectivity index (χ2n) is 3.57. The largest absolute Gasteiger partial charge is 0.497 e. The van der Waals surface area contributed by atoms with Crippen molar-refractivity contribution in [2.45, 2.75) is 0 Å². The number of methoxy groups -OCH3 is 2. The van der Waals surface area contributed by atoms with Crippen LogP contribution in [0, 0.1) is 5.82 Å². The summed E-state index contributed by atoms with van der Waals surface area (Å²) in [6.45, 7) is 0. The number of ether oxygens (including phenoxy) is 2. The molecule has 1 heterocycles. The van der Waals surface area contributed by atoms with Crippen molar-refractivity contribution in [3.05, 3.63) is 29.8 Å². The summed E-state index contributed by atoms with van der Waals surface area (Å²) < 4.78 is 28.5. The van der Waals surface area contributed by atoms with Crippen LogP contribution in [0.1, 0.15) is 10.6 Å². The van der Waals surface area contributed by atoms with Gasteiger partial charge in [0.05, 0.1) is 19.8 Å². The summed E-state index contributed by atoms with van der Waals surface area (Å²) in [6.07, 6.45) is 0. The number of hydrogen-bond acceptors (Lipinski definition) is 5. The molecule has 6 nitrogen and oxygen atoms in total. The van der Waals surface area contributed by atoms with E-state index in [0.717, 1.165) is 12.1 Å². The maximum Gasteiger partial charge on any atom is 0.374 e. The minimum Gasteiger partial charge on any atom is -0.497 e. The number of carbonyl (C=O) groups is 1. The zero-order valence-electron chi connectivity index (χ0n) is 10.1. The third-order valence-electron chi connectivity index (χ3n) is 2.46. The van der Waals surface area contributed by atoms with Gasteiger partial charge in [0.15, 0.2) is 0 Å². The summed E-state index contributed by atoms with van der Waals surface area (Å²) in [7, 11) is 2.75. The van der Waals surface area contributed by atoms with E-state index in [4.69, 9.17) is 14.6 Å². The summed E-state index contributed by atoms with van der Waals surface area (Å²) in [4.78, 5) is 10.7. The molecule has 2 rings (SSSR count). The number of hydrogen-bond donors (Lipinski definition) is 1. The van der Waals surface area contributed by atoms with Crippen LogP contribution in [0.4, 0.5) is 4.39 Å². The highest BCUT2D eigenvalue weighted by molar-refractivity contribution is 5.86. The van der Waals surface area contributed by atoms with Crippen LogP contribution in [0.3, 0.4) is 0 Å². The average molecular weight is 267 g/mol. The Morgan fingerprint density at radius 1 is 1.32 bits per heavy atom. The normalized spacial score (nSPS) is 10.3. The Labute approximate surface area is 107 Å². The number of carboxylic acid groups (broad SMARTS) is 1. The Bertz CT molecular complexity index is 623. The van der Waals surface area contributed by atoms with Gasteiger partial charge in [-0.15, -0.1) is 0 Å². The fourth-order valence-corrected chi connectivity index (χ4v) is 1.58. The lowest BCUT2D eigenvalue weighted by Crippen LogP contribution is -1.95. The molecular weight excluding hydrogens is 257 g/mol. The molecule has 0 atom stereocenters. The molecule has 1 aromatic carbocycles. The molecule has 0 saturated heterocycles. The molecular formula is C12H10FNO5. The monoisotopic (exact) mass is 267 g/mol. The first kappa shape index (κ1) is 12.9. The van der Waals surface area contributed by atoms with Gasteiger partial charge in [0.1, 0.15) is 23.0 Å². The van der Waals surface area contributed by atoms with Crippen LogP contribution in [-0.2, 0) is 0 Å². The highest BCUT2D eigenvalue weighted by atomic mass is 19.1. The first-order valence-electron chi connectivity index (χ1n) is 5.18. The van der Waals surface area contributed by atoms with Crippen molar-refractivity contribution in [1.29, 1.82) is 0 Å². The molecule has 0 aliphatic heterocycles. The summed E-state index contributed by atoms with van der Waals surface area (Å²) in [5, 5.41) is 12.3. The fourth-order valence-electron chi connectivity index (χ4n) is 1.58. The lowest BCUT2D eigenvalue weighted by molar-refractivity contribution is 0.0652. The molecule has 0 amide bonds.